The number of rotatable bonds is 3. The molecule has 4 aromatic carbocycles. The van der Waals surface area contributed by atoms with Gasteiger partial charge in [0.25, 0.3) is 0 Å². The number of para-hydroxylation sites is 1. The minimum absolute atomic E-state index is 0.211. The van der Waals surface area contributed by atoms with E-state index in [9.17, 15) is 0 Å². The number of hydrogen-bond acceptors (Lipinski definition) is 1. The standard InChI is InChI=1S/C28H23BrN2/c29-22-14-12-20(13-15-22)28-27-25(24-10-3-4-11-26(24)30-27)16-17-31(28)18-21-8-5-7-19-6-1-2-9-23(19)21/h1-15,28,30H,16-18H2. The molecule has 1 unspecified atom stereocenters. The molecule has 152 valence electrons. The van der Waals surface area contributed by atoms with Crippen molar-refractivity contribution in [2.24, 2.45) is 0 Å². The van der Waals surface area contributed by atoms with E-state index in [2.05, 4.69) is 117 Å². The Hall–Kier alpha value is -2.88. The highest BCUT2D eigenvalue weighted by Crippen LogP contribution is 2.39. The normalized spacial score (nSPS) is 16.6. The maximum Gasteiger partial charge on any atom is 0.0760 e. The molecule has 0 fully saturated rings. The molecule has 1 atom stereocenters. The highest BCUT2D eigenvalue weighted by atomic mass is 79.9. The molecule has 1 aliphatic rings. The number of halogens is 1. The van der Waals surface area contributed by atoms with Gasteiger partial charge in [-0.3, -0.25) is 4.90 Å². The van der Waals surface area contributed by atoms with Crippen LogP contribution < -0.4 is 0 Å². The number of nitrogens with zero attached hydrogens (tertiary/aromatic N) is 1. The van der Waals surface area contributed by atoms with Crippen LogP contribution in [0.1, 0.15) is 28.4 Å². The van der Waals surface area contributed by atoms with Gasteiger partial charge in [0.15, 0.2) is 0 Å². The number of hydrogen-bond donors (Lipinski definition) is 1. The summed E-state index contributed by atoms with van der Waals surface area (Å²) in [5, 5.41) is 4.02. The molecule has 0 saturated heterocycles. The quantitative estimate of drug-likeness (QED) is 0.297. The Kier molecular flexibility index (Phi) is 4.66. The summed E-state index contributed by atoms with van der Waals surface area (Å²) < 4.78 is 1.12. The molecule has 0 amide bonds. The number of aromatic nitrogens is 1. The van der Waals surface area contributed by atoms with Crippen molar-refractivity contribution in [1.29, 1.82) is 0 Å². The Morgan fingerprint density at radius 1 is 0.806 bits per heavy atom. The van der Waals surface area contributed by atoms with Crippen molar-refractivity contribution in [3.05, 3.63) is 118 Å². The van der Waals surface area contributed by atoms with E-state index < -0.39 is 0 Å². The average Bonchev–Trinajstić information content (AvgIpc) is 3.19. The van der Waals surface area contributed by atoms with Crippen LogP contribution in [0.4, 0.5) is 0 Å². The van der Waals surface area contributed by atoms with Crippen LogP contribution in [-0.2, 0) is 13.0 Å². The maximum atomic E-state index is 3.78. The number of aromatic amines is 1. The van der Waals surface area contributed by atoms with Crippen LogP contribution in [0.5, 0.6) is 0 Å². The molecule has 0 spiro atoms. The third-order valence-electron chi connectivity index (χ3n) is 6.57. The Labute approximate surface area is 190 Å². The van der Waals surface area contributed by atoms with E-state index in [4.69, 9.17) is 0 Å². The molecule has 1 N–H and O–H groups in total. The molecule has 0 saturated carbocycles. The van der Waals surface area contributed by atoms with Gasteiger partial charge in [0, 0.05) is 34.2 Å². The third kappa shape index (κ3) is 3.29. The van der Waals surface area contributed by atoms with Crippen LogP contribution in [0.3, 0.4) is 0 Å². The Morgan fingerprint density at radius 3 is 2.42 bits per heavy atom. The highest BCUT2D eigenvalue weighted by molar-refractivity contribution is 9.10. The average molecular weight is 467 g/mol. The van der Waals surface area contributed by atoms with Gasteiger partial charge in [-0.05, 0) is 52.1 Å². The second-order valence-electron chi connectivity index (χ2n) is 8.38. The molecule has 2 nitrogen and oxygen atoms in total. The van der Waals surface area contributed by atoms with Crippen molar-refractivity contribution in [3.63, 3.8) is 0 Å². The minimum atomic E-state index is 0.211. The zero-order valence-corrected chi connectivity index (χ0v) is 18.8. The lowest BCUT2D eigenvalue weighted by Crippen LogP contribution is -2.35. The maximum absolute atomic E-state index is 3.78. The van der Waals surface area contributed by atoms with Crippen molar-refractivity contribution in [2.75, 3.05) is 6.54 Å². The summed E-state index contributed by atoms with van der Waals surface area (Å²) in [6, 6.07) is 33.1. The van der Waals surface area contributed by atoms with E-state index >= 15 is 0 Å². The van der Waals surface area contributed by atoms with Crippen LogP contribution >= 0.6 is 15.9 Å². The first-order valence-electron chi connectivity index (χ1n) is 10.8. The van der Waals surface area contributed by atoms with Gasteiger partial charge in [-0.25, -0.2) is 0 Å². The van der Waals surface area contributed by atoms with Gasteiger partial charge in [0.1, 0.15) is 0 Å². The van der Waals surface area contributed by atoms with Crippen LogP contribution in [0.15, 0.2) is 95.5 Å². The zero-order valence-electron chi connectivity index (χ0n) is 17.2. The summed E-state index contributed by atoms with van der Waals surface area (Å²) in [6.45, 7) is 1.97. The molecule has 1 aromatic heterocycles. The number of benzene rings is 4. The largest absolute Gasteiger partial charge is 0.357 e. The molecular weight excluding hydrogens is 444 g/mol. The summed E-state index contributed by atoms with van der Waals surface area (Å²) in [5.74, 6) is 0. The van der Waals surface area contributed by atoms with Gasteiger partial charge in [-0.2, -0.15) is 0 Å². The summed E-state index contributed by atoms with van der Waals surface area (Å²) in [4.78, 5) is 6.41. The van der Waals surface area contributed by atoms with E-state index in [-0.39, 0.29) is 6.04 Å². The lowest BCUT2D eigenvalue weighted by molar-refractivity contribution is 0.203. The van der Waals surface area contributed by atoms with E-state index in [1.807, 2.05) is 0 Å². The highest BCUT2D eigenvalue weighted by Gasteiger charge is 2.31. The zero-order chi connectivity index (χ0) is 20.8. The number of H-pyrrole nitrogens is 1. The molecule has 6 rings (SSSR count). The predicted octanol–water partition coefficient (Wildman–Crippen LogP) is 7.23. The van der Waals surface area contributed by atoms with E-state index in [1.165, 1.54) is 44.1 Å². The first-order chi connectivity index (χ1) is 15.3. The molecule has 5 aromatic rings. The molecule has 0 bridgehead atoms. The molecule has 3 heteroatoms. The van der Waals surface area contributed by atoms with Crippen LogP contribution in [0.25, 0.3) is 21.7 Å². The molecular formula is C28H23BrN2. The third-order valence-corrected chi connectivity index (χ3v) is 7.10. The lowest BCUT2D eigenvalue weighted by Gasteiger charge is -2.36. The van der Waals surface area contributed by atoms with E-state index in [1.54, 1.807) is 0 Å². The Balaban J connectivity index is 1.48. The Bertz CT molecular complexity index is 1380. The molecule has 1 aliphatic heterocycles. The smallest absolute Gasteiger partial charge is 0.0760 e. The van der Waals surface area contributed by atoms with E-state index in [0.29, 0.717) is 0 Å². The van der Waals surface area contributed by atoms with Crippen LogP contribution in [0.2, 0.25) is 0 Å². The fourth-order valence-electron chi connectivity index (χ4n) is 5.13. The van der Waals surface area contributed by atoms with Gasteiger partial charge in [-0.15, -0.1) is 0 Å². The van der Waals surface area contributed by atoms with Crippen LogP contribution in [-0.4, -0.2) is 16.4 Å². The fourth-order valence-corrected chi connectivity index (χ4v) is 5.40. The lowest BCUT2D eigenvalue weighted by atomic mass is 9.91. The number of fused-ring (bicyclic) bond motifs is 4. The van der Waals surface area contributed by atoms with E-state index in [0.717, 1.165) is 24.0 Å². The number of nitrogens with one attached hydrogen (secondary N) is 1. The van der Waals surface area contributed by atoms with Gasteiger partial charge in [-0.1, -0.05) is 88.7 Å². The minimum Gasteiger partial charge on any atom is -0.357 e. The van der Waals surface area contributed by atoms with Crippen molar-refractivity contribution in [2.45, 2.75) is 19.0 Å². The topological polar surface area (TPSA) is 19.0 Å². The van der Waals surface area contributed by atoms with Crippen molar-refractivity contribution in [1.82, 2.24) is 9.88 Å². The molecule has 0 radical (unpaired) electrons. The van der Waals surface area contributed by atoms with Gasteiger partial charge in [0.2, 0.25) is 0 Å². The van der Waals surface area contributed by atoms with Gasteiger partial charge in [0.05, 0.1) is 6.04 Å². The van der Waals surface area contributed by atoms with Crippen molar-refractivity contribution in [3.8, 4) is 0 Å². The fraction of sp³-hybridized carbons (Fsp3) is 0.143. The summed E-state index contributed by atoms with van der Waals surface area (Å²) in [7, 11) is 0. The first-order valence-corrected chi connectivity index (χ1v) is 11.6. The molecule has 31 heavy (non-hydrogen) atoms. The van der Waals surface area contributed by atoms with Crippen LogP contribution in [0, 0.1) is 0 Å². The second kappa shape index (κ2) is 7.67. The van der Waals surface area contributed by atoms with Gasteiger partial charge < -0.3 is 4.98 Å². The second-order valence-corrected chi connectivity index (χ2v) is 9.29. The Morgan fingerprint density at radius 2 is 1.55 bits per heavy atom. The monoisotopic (exact) mass is 466 g/mol. The first kappa shape index (κ1) is 18.9. The summed E-state index contributed by atoms with van der Waals surface area (Å²) in [6.07, 6.45) is 1.07. The SMILES string of the molecule is Brc1ccc(C2c3[nH]c4ccccc4c3CCN2Cc2cccc3ccccc23)cc1. The summed E-state index contributed by atoms with van der Waals surface area (Å²) in [5.41, 5.74) is 6.77. The molecule has 2 heterocycles. The molecule has 0 aliphatic carbocycles. The predicted molar refractivity (Wildman–Crippen MR) is 132 cm³/mol. The van der Waals surface area contributed by atoms with Crippen molar-refractivity contribution < 1.29 is 0 Å². The van der Waals surface area contributed by atoms with Gasteiger partial charge >= 0.3 is 0 Å². The summed E-state index contributed by atoms with van der Waals surface area (Å²) >= 11 is 3.60. The van der Waals surface area contributed by atoms with Crippen molar-refractivity contribution >= 4 is 37.6 Å².